The second kappa shape index (κ2) is 6.81. The Hall–Kier alpha value is -2.67. The molecule has 12 nitrogen and oxygen atoms in total. The number of hydrogen-bond acceptors (Lipinski definition) is 9. The molecule has 2 aromatic heterocycles. The number of ether oxygens (including phenoxy) is 2. The molecule has 3 rings (SSSR count). The summed E-state index contributed by atoms with van der Waals surface area (Å²) in [5.74, 6) is -0.471. The summed E-state index contributed by atoms with van der Waals surface area (Å²) in [5.41, 5.74) is -1.55. The van der Waals surface area contributed by atoms with Gasteiger partial charge in [0.05, 0.1) is 17.7 Å². The molecule has 27 heavy (non-hydrogen) atoms. The molecule has 3 heterocycles. The zero-order chi connectivity index (χ0) is 19.9. The summed E-state index contributed by atoms with van der Waals surface area (Å²) < 4.78 is 12.5. The summed E-state index contributed by atoms with van der Waals surface area (Å²) in [6, 6.07) is 0. The largest absolute Gasteiger partial charge is 0.394 e. The third kappa shape index (κ3) is 2.92. The van der Waals surface area contributed by atoms with E-state index in [0.717, 1.165) is 6.33 Å². The number of methoxy groups -OCH3 is 1. The molecule has 3 unspecified atom stereocenters. The molecule has 1 fully saturated rings. The number of nitrogens with one attached hydrogen (secondary N) is 1. The van der Waals surface area contributed by atoms with E-state index in [1.54, 1.807) is 6.92 Å². The van der Waals surface area contributed by atoms with Crippen LogP contribution in [0.2, 0.25) is 0 Å². The van der Waals surface area contributed by atoms with Gasteiger partial charge in [0.15, 0.2) is 17.7 Å². The number of fused-ring (bicyclic) bond motifs is 1. The summed E-state index contributed by atoms with van der Waals surface area (Å²) in [6.07, 6.45) is -0.837. The highest BCUT2D eigenvalue weighted by Gasteiger charge is 2.55. The van der Waals surface area contributed by atoms with Crippen molar-refractivity contribution >= 4 is 28.4 Å². The van der Waals surface area contributed by atoms with Crippen molar-refractivity contribution in [2.75, 3.05) is 19.0 Å². The molecule has 3 N–H and O–H groups in total. The Bertz CT molecular complexity index is 900. The van der Waals surface area contributed by atoms with E-state index in [1.165, 1.54) is 24.8 Å². The first kappa shape index (κ1) is 19.1. The fraction of sp³-hybridized carbons (Fsp3) is 0.533. The van der Waals surface area contributed by atoms with Crippen LogP contribution in [0.4, 0.5) is 11.5 Å². The lowest BCUT2D eigenvalue weighted by Crippen LogP contribution is -2.46. The lowest BCUT2D eigenvalue weighted by molar-refractivity contribution is -0.383. The van der Waals surface area contributed by atoms with E-state index in [9.17, 15) is 25.1 Å². The van der Waals surface area contributed by atoms with E-state index in [0.29, 0.717) is 0 Å². The van der Waals surface area contributed by atoms with Crippen molar-refractivity contribution in [2.24, 2.45) is 0 Å². The normalized spacial score (nSPS) is 27.8. The molecule has 1 amide bonds. The van der Waals surface area contributed by atoms with Gasteiger partial charge in [-0.2, -0.15) is 0 Å². The number of rotatable bonds is 5. The Morgan fingerprint density at radius 1 is 1.56 bits per heavy atom. The first-order valence-electron chi connectivity index (χ1n) is 8.01. The topological polar surface area (TPSA) is 162 Å². The Morgan fingerprint density at radius 3 is 2.81 bits per heavy atom. The lowest BCUT2D eigenvalue weighted by Gasteiger charge is -2.31. The zero-order valence-corrected chi connectivity index (χ0v) is 14.8. The van der Waals surface area contributed by atoms with Crippen molar-refractivity contribution in [3.8, 4) is 0 Å². The van der Waals surface area contributed by atoms with E-state index in [4.69, 9.17) is 9.47 Å². The molecule has 2 aromatic rings. The number of aliphatic hydroxyl groups is 2. The smallest absolute Gasteiger partial charge is 0.300 e. The van der Waals surface area contributed by atoms with Gasteiger partial charge >= 0.3 is 0 Å². The van der Waals surface area contributed by atoms with Crippen molar-refractivity contribution in [1.82, 2.24) is 14.5 Å². The minimum absolute atomic E-state index is 0.0155. The van der Waals surface area contributed by atoms with Crippen LogP contribution in [-0.2, 0) is 14.3 Å². The maximum absolute atomic E-state index is 11.6. The highest BCUT2D eigenvalue weighted by molar-refractivity contribution is 6.02. The first-order valence-corrected chi connectivity index (χ1v) is 8.01. The molecule has 146 valence electrons. The molecule has 0 bridgehead atoms. The summed E-state index contributed by atoms with van der Waals surface area (Å²) in [6.45, 7) is 2.34. The molecule has 4 atom stereocenters. The number of nitro groups is 1. The molecule has 12 heteroatoms. The molecule has 1 saturated heterocycles. The SMILES string of the molecule is COC1(C)C(O)C(CO)O[C@H]1n1cc([N+](=O)[O-])c2c(NC(C)=O)ncnc21. The maximum Gasteiger partial charge on any atom is 0.300 e. The number of aliphatic hydroxyl groups excluding tert-OH is 2. The van der Waals surface area contributed by atoms with E-state index in [1.807, 2.05) is 0 Å². The number of nitrogens with zero attached hydrogens (tertiary/aromatic N) is 4. The van der Waals surface area contributed by atoms with E-state index < -0.39 is 41.5 Å². The fourth-order valence-corrected chi connectivity index (χ4v) is 3.24. The van der Waals surface area contributed by atoms with Crippen LogP contribution < -0.4 is 5.32 Å². The van der Waals surface area contributed by atoms with Crippen LogP contribution in [-0.4, -0.2) is 67.1 Å². The van der Waals surface area contributed by atoms with Crippen LogP contribution in [0.25, 0.3) is 11.0 Å². The molecule has 0 radical (unpaired) electrons. The van der Waals surface area contributed by atoms with Crippen LogP contribution in [0.5, 0.6) is 0 Å². The van der Waals surface area contributed by atoms with E-state index in [2.05, 4.69) is 15.3 Å². The van der Waals surface area contributed by atoms with Crippen LogP contribution in [0.15, 0.2) is 12.5 Å². The second-order valence-corrected chi connectivity index (χ2v) is 6.32. The summed E-state index contributed by atoms with van der Waals surface area (Å²) in [4.78, 5) is 30.3. The van der Waals surface area contributed by atoms with Gasteiger partial charge in [0.2, 0.25) is 5.91 Å². The second-order valence-electron chi connectivity index (χ2n) is 6.32. The van der Waals surface area contributed by atoms with Gasteiger partial charge in [-0.15, -0.1) is 0 Å². The molecule has 1 aliphatic heterocycles. The van der Waals surface area contributed by atoms with Crippen molar-refractivity contribution in [1.29, 1.82) is 0 Å². The van der Waals surface area contributed by atoms with Gasteiger partial charge in [0, 0.05) is 14.0 Å². The number of amides is 1. The third-order valence-electron chi connectivity index (χ3n) is 4.69. The average Bonchev–Trinajstić information content (AvgIpc) is 3.12. The minimum Gasteiger partial charge on any atom is -0.394 e. The van der Waals surface area contributed by atoms with Gasteiger partial charge in [-0.25, -0.2) is 9.97 Å². The van der Waals surface area contributed by atoms with Crippen LogP contribution in [0.3, 0.4) is 0 Å². The van der Waals surface area contributed by atoms with Gasteiger partial charge < -0.3 is 25.0 Å². The fourth-order valence-electron chi connectivity index (χ4n) is 3.24. The highest BCUT2D eigenvalue weighted by Crippen LogP contribution is 2.44. The predicted octanol–water partition coefficient (Wildman–Crippen LogP) is -0.0464. The molecular formula is C15H19N5O7. The molecule has 0 aliphatic carbocycles. The Balaban J connectivity index is 2.24. The molecule has 0 spiro atoms. The molecule has 0 aromatic carbocycles. The van der Waals surface area contributed by atoms with Gasteiger partial charge in [-0.3, -0.25) is 19.5 Å². The standard InChI is InChI=1S/C15H19N5O7/c1-7(22)18-12-10-8(20(24)25)4-19(13(10)17-6-16-12)14-15(2,26-3)11(23)9(5-21)27-14/h4,6,9,11,14,21,23H,5H2,1-3H3,(H,16,17,18,22)/t9?,11?,14-,15?/m1/s1. The van der Waals surface area contributed by atoms with Crippen molar-refractivity contribution in [3.63, 3.8) is 0 Å². The monoisotopic (exact) mass is 381 g/mol. The Morgan fingerprint density at radius 2 is 2.26 bits per heavy atom. The zero-order valence-electron chi connectivity index (χ0n) is 14.8. The quantitative estimate of drug-likeness (QED) is 0.476. The number of carbonyl (C=O) groups is 1. The summed E-state index contributed by atoms with van der Waals surface area (Å²) >= 11 is 0. The predicted molar refractivity (Wildman–Crippen MR) is 90.9 cm³/mol. The maximum atomic E-state index is 11.6. The van der Waals surface area contributed by atoms with Gasteiger partial charge in [0.1, 0.15) is 29.5 Å². The van der Waals surface area contributed by atoms with Crippen LogP contribution in [0.1, 0.15) is 20.1 Å². The molecular weight excluding hydrogens is 362 g/mol. The Labute approximate surface area is 152 Å². The van der Waals surface area contributed by atoms with Gasteiger partial charge in [-0.05, 0) is 6.92 Å². The van der Waals surface area contributed by atoms with E-state index >= 15 is 0 Å². The van der Waals surface area contributed by atoms with Gasteiger partial charge in [-0.1, -0.05) is 0 Å². The summed E-state index contributed by atoms with van der Waals surface area (Å²) in [5, 5.41) is 33.9. The number of aromatic nitrogens is 3. The third-order valence-corrected chi connectivity index (χ3v) is 4.69. The van der Waals surface area contributed by atoms with E-state index in [-0.39, 0.29) is 22.5 Å². The summed E-state index contributed by atoms with van der Waals surface area (Å²) in [7, 11) is 1.36. The molecule has 0 saturated carbocycles. The Kier molecular flexibility index (Phi) is 4.82. The minimum atomic E-state index is -1.31. The van der Waals surface area contributed by atoms with Crippen molar-refractivity contribution < 1.29 is 29.4 Å². The lowest BCUT2D eigenvalue weighted by atomic mass is 9.96. The van der Waals surface area contributed by atoms with Crippen LogP contribution in [0, 0.1) is 10.1 Å². The number of carbonyl (C=O) groups excluding carboxylic acids is 1. The van der Waals surface area contributed by atoms with Crippen molar-refractivity contribution in [2.45, 2.75) is 37.9 Å². The van der Waals surface area contributed by atoms with Crippen LogP contribution >= 0.6 is 0 Å². The first-order chi connectivity index (χ1) is 12.7. The average molecular weight is 381 g/mol. The van der Waals surface area contributed by atoms with Crippen molar-refractivity contribution in [3.05, 3.63) is 22.6 Å². The molecule has 1 aliphatic rings. The number of hydrogen-bond donors (Lipinski definition) is 3. The number of anilines is 1. The van der Waals surface area contributed by atoms with Gasteiger partial charge in [0.25, 0.3) is 5.69 Å². The highest BCUT2D eigenvalue weighted by atomic mass is 16.6.